The molecule has 0 aliphatic carbocycles. The van der Waals surface area contributed by atoms with Crippen LogP contribution in [0.25, 0.3) is 0 Å². The number of hydrogen-bond donors (Lipinski definition) is 1. The van der Waals surface area contributed by atoms with Crippen LogP contribution in [-0.2, 0) is 25.0 Å². The standard InChI is InChI=1S/C13H18ClNO4S/c1-2-9-19-10-13(16)15-8-7-11-3-5-12(6-4-11)20(14,17)18/h3-6H,2,7-10H2,1H3,(H,15,16). The minimum atomic E-state index is -3.68. The van der Waals surface area contributed by atoms with Gasteiger partial charge in [0.25, 0.3) is 9.05 Å². The largest absolute Gasteiger partial charge is 0.372 e. The highest BCUT2D eigenvalue weighted by Gasteiger charge is 2.08. The molecule has 0 saturated carbocycles. The van der Waals surface area contributed by atoms with Gasteiger partial charge in [-0.3, -0.25) is 4.79 Å². The predicted molar refractivity (Wildman–Crippen MR) is 77.3 cm³/mol. The lowest BCUT2D eigenvalue weighted by atomic mass is 10.1. The molecule has 0 atom stereocenters. The van der Waals surface area contributed by atoms with Gasteiger partial charge in [-0.25, -0.2) is 8.42 Å². The first-order valence-corrected chi connectivity index (χ1v) is 8.62. The van der Waals surface area contributed by atoms with Gasteiger partial charge < -0.3 is 10.1 Å². The highest BCUT2D eigenvalue weighted by Crippen LogP contribution is 2.15. The Bertz CT molecular complexity index is 528. The maximum absolute atomic E-state index is 11.4. The van der Waals surface area contributed by atoms with E-state index in [9.17, 15) is 13.2 Å². The average molecular weight is 320 g/mol. The van der Waals surface area contributed by atoms with Crippen LogP contribution in [0.3, 0.4) is 0 Å². The summed E-state index contributed by atoms with van der Waals surface area (Å²) in [7, 11) is 1.54. The zero-order chi connectivity index (χ0) is 15.0. The van der Waals surface area contributed by atoms with E-state index in [2.05, 4.69) is 5.32 Å². The number of rotatable bonds is 8. The summed E-state index contributed by atoms with van der Waals surface area (Å²) in [6.45, 7) is 3.09. The van der Waals surface area contributed by atoms with Crippen molar-refractivity contribution in [3.8, 4) is 0 Å². The van der Waals surface area contributed by atoms with Gasteiger partial charge in [0.05, 0.1) is 4.90 Å². The quantitative estimate of drug-likeness (QED) is 0.584. The van der Waals surface area contributed by atoms with Gasteiger partial charge in [-0.05, 0) is 30.5 Å². The molecule has 112 valence electrons. The molecule has 0 heterocycles. The molecule has 0 aliphatic rings. The monoisotopic (exact) mass is 319 g/mol. The summed E-state index contributed by atoms with van der Waals surface area (Å²) >= 11 is 0. The van der Waals surface area contributed by atoms with Crippen LogP contribution in [0.5, 0.6) is 0 Å². The Morgan fingerprint density at radius 2 is 1.95 bits per heavy atom. The zero-order valence-electron chi connectivity index (χ0n) is 11.3. The first-order chi connectivity index (χ1) is 9.43. The highest BCUT2D eigenvalue weighted by atomic mass is 35.7. The van der Waals surface area contributed by atoms with E-state index in [-0.39, 0.29) is 17.4 Å². The van der Waals surface area contributed by atoms with Crippen molar-refractivity contribution in [1.82, 2.24) is 5.32 Å². The molecule has 0 aliphatic heterocycles. The number of ether oxygens (including phenoxy) is 1. The summed E-state index contributed by atoms with van der Waals surface area (Å²) in [4.78, 5) is 11.4. The smallest absolute Gasteiger partial charge is 0.261 e. The number of halogens is 1. The topological polar surface area (TPSA) is 72.5 Å². The van der Waals surface area contributed by atoms with Crippen LogP contribution in [0.15, 0.2) is 29.2 Å². The third-order valence-electron chi connectivity index (χ3n) is 2.52. The van der Waals surface area contributed by atoms with E-state index in [1.165, 1.54) is 12.1 Å². The second-order valence-corrected chi connectivity index (χ2v) is 6.80. The molecule has 0 saturated heterocycles. The molecular weight excluding hydrogens is 302 g/mol. The van der Waals surface area contributed by atoms with Crippen LogP contribution in [0.2, 0.25) is 0 Å². The molecule has 1 aromatic rings. The van der Waals surface area contributed by atoms with Crippen molar-refractivity contribution in [2.75, 3.05) is 19.8 Å². The molecule has 0 radical (unpaired) electrons. The van der Waals surface area contributed by atoms with Crippen LogP contribution < -0.4 is 5.32 Å². The van der Waals surface area contributed by atoms with Crippen molar-refractivity contribution in [2.24, 2.45) is 0 Å². The summed E-state index contributed by atoms with van der Waals surface area (Å²) < 4.78 is 27.2. The fourth-order valence-corrected chi connectivity index (χ4v) is 2.29. The Hall–Kier alpha value is -1.11. The van der Waals surface area contributed by atoms with Gasteiger partial charge in [0.2, 0.25) is 5.91 Å². The highest BCUT2D eigenvalue weighted by molar-refractivity contribution is 8.13. The van der Waals surface area contributed by atoms with Gasteiger partial charge in [0, 0.05) is 23.8 Å². The fourth-order valence-electron chi connectivity index (χ4n) is 1.53. The van der Waals surface area contributed by atoms with E-state index >= 15 is 0 Å². The van der Waals surface area contributed by atoms with Crippen molar-refractivity contribution in [1.29, 1.82) is 0 Å². The first kappa shape index (κ1) is 16.9. The zero-order valence-corrected chi connectivity index (χ0v) is 12.8. The summed E-state index contributed by atoms with van der Waals surface area (Å²) in [5.41, 5.74) is 0.920. The molecule has 1 N–H and O–H groups in total. The summed E-state index contributed by atoms with van der Waals surface area (Å²) in [6.07, 6.45) is 1.49. The normalized spacial score (nSPS) is 11.3. The summed E-state index contributed by atoms with van der Waals surface area (Å²) in [5.74, 6) is -0.154. The Morgan fingerprint density at radius 3 is 2.50 bits per heavy atom. The van der Waals surface area contributed by atoms with Crippen LogP contribution in [0.1, 0.15) is 18.9 Å². The number of nitrogens with one attached hydrogen (secondary N) is 1. The van der Waals surface area contributed by atoms with Crippen LogP contribution in [0.4, 0.5) is 0 Å². The fraction of sp³-hybridized carbons (Fsp3) is 0.462. The Balaban J connectivity index is 2.34. The molecule has 7 heteroatoms. The molecule has 1 rings (SSSR count). The molecule has 0 fully saturated rings. The average Bonchev–Trinajstić information content (AvgIpc) is 2.38. The van der Waals surface area contributed by atoms with Gasteiger partial charge in [-0.15, -0.1) is 0 Å². The molecule has 0 spiro atoms. The van der Waals surface area contributed by atoms with Crippen LogP contribution in [0, 0.1) is 0 Å². The van der Waals surface area contributed by atoms with Crippen molar-refractivity contribution < 1.29 is 17.9 Å². The second-order valence-electron chi connectivity index (χ2n) is 4.23. The molecule has 20 heavy (non-hydrogen) atoms. The van der Waals surface area contributed by atoms with Crippen molar-refractivity contribution in [2.45, 2.75) is 24.7 Å². The maximum atomic E-state index is 11.4. The van der Waals surface area contributed by atoms with E-state index in [0.717, 1.165) is 12.0 Å². The third kappa shape index (κ3) is 6.36. The number of amides is 1. The van der Waals surface area contributed by atoms with E-state index in [0.29, 0.717) is 19.6 Å². The molecule has 0 unspecified atom stereocenters. The number of benzene rings is 1. The molecule has 1 aromatic carbocycles. The van der Waals surface area contributed by atoms with Crippen molar-refractivity contribution in [3.63, 3.8) is 0 Å². The molecule has 1 amide bonds. The molecule has 0 bridgehead atoms. The lowest BCUT2D eigenvalue weighted by molar-refractivity contribution is -0.125. The third-order valence-corrected chi connectivity index (χ3v) is 3.89. The molecular formula is C13H18ClNO4S. The number of carbonyl (C=O) groups is 1. The predicted octanol–water partition coefficient (Wildman–Crippen LogP) is 1.70. The Kier molecular flexibility index (Phi) is 6.98. The lowest BCUT2D eigenvalue weighted by Gasteiger charge is -2.06. The van der Waals surface area contributed by atoms with E-state index in [4.69, 9.17) is 15.4 Å². The van der Waals surface area contributed by atoms with Gasteiger partial charge in [-0.1, -0.05) is 19.1 Å². The summed E-state index contributed by atoms with van der Waals surface area (Å²) in [6, 6.07) is 6.25. The minimum absolute atomic E-state index is 0.0667. The number of hydrogen-bond acceptors (Lipinski definition) is 4. The van der Waals surface area contributed by atoms with Gasteiger partial charge >= 0.3 is 0 Å². The lowest BCUT2D eigenvalue weighted by Crippen LogP contribution is -2.29. The minimum Gasteiger partial charge on any atom is -0.372 e. The van der Waals surface area contributed by atoms with E-state index in [1.54, 1.807) is 12.1 Å². The Labute approximate surface area is 123 Å². The van der Waals surface area contributed by atoms with Gasteiger partial charge in [0.1, 0.15) is 6.61 Å². The second kappa shape index (κ2) is 8.24. The van der Waals surface area contributed by atoms with Gasteiger partial charge in [0.15, 0.2) is 0 Å². The van der Waals surface area contributed by atoms with E-state index < -0.39 is 9.05 Å². The van der Waals surface area contributed by atoms with Crippen molar-refractivity contribution >= 4 is 25.6 Å². The summed E-state index contributed by atoms with van der Waals surface area (Å²) in [5, 5.41) is 2.73. The molecule has 0 aromatic heterocycles. The van der Waals surface area contributed by atoms with Crippen LogP contribution >= 0.6 is 10.7 Å². The molecule has 5 nitrogen and oxygen atoms in total. The van der Waals surface area contributed by atoms with Gasteiger partial charge in [-0.2, -0.15) is 0 Å². The van der Waals surface area contributed by atoms with Crippen LogP contribution in [-0.4, -0.2) is 34.1 Å². The Morgan fingerprint density at radius 1 is 1.30 bits per heavy atom. The SMILES string of the molecule is CCCOCC(=O)NCCc1ccc(S(=O)(=O)Cl)cc1. The first-order valence-electron chi connectivity index (χ1n) is 6.31. The van der Waals surface area contributed by atoms with E-state index in [1.807, 2.05) is 6.92 Å². The number of carbonyl (C=O) groups excluding carboxylic acids is 1. The maximum Gasteiger partial charge on any atom is 0.261 e. The van der Waals surface area contributed by atoms with Crippen molar-refractivity contribution in [3.05, 3.63) is 29.8 Å².